The fraction of sp³-hybridized carbons (Fsp3) is 0.579. The van der Waals surface area contributed by atoms with Gasteiger partial charge in [-0.05, 0) is 36.0 Å². The first kappa shape index (κ1) is 20.7. The predicted octanol–water partition coefficient (Wildman–Crippen LogP) is 4.28. The molecule has 2 amide bonds. The molecule has 1 atom stereocenters. The number of aryl methyl sites for hydroxylation is 1. The van der Waals surface area contributed by atoms with Gasteiger partial charge >= 0.3 is 0 Å². The normalized spacial score (nSPS) is 12.5. The Labute approximate surface area is 153 Å². The van der Waals surface area contributed by atoms with Gasteiger partial charge in [-0.15, -0.1) is 0 Å². The van der Waals surface area contributed by atoms with E-state index in [-0.39, 0.29) is 28.5 Å². The van der Waals surface area contributed by atoms with Crippen LogP contribution in [0.15, 0.2) is 24.3 Å². The first-order valence-corrected chi connectivity index (χ1v) is 9.46. The third-order valence-electron chi connectivity index (χ3n) is 3.70. The molecule has 24 heavy (non-hydrogen) atoms. The van der Waals surface area contributed by atoms with Crippen LogP contribution in [0, 0.1) is 5.41 Å². The van der Waals surface area contributed by atoms with E-state index in [4.69, 9.17) is 0 Å². The number of amides is 2. The Morgan fingerprint density at radius 2 is 1.79 bits per heavy atom. The average Bonchev–Trinajstić information content (AvgIpc) is 2.52. The molecule has 0 heterocycles. The van der Waals surface area contributed by atoms with Crippen LogP contribution in [0.3, 0.4) is 0 Å². The maximum absolute atomic E-state index is 12.0. The molecule has 0 aliphatic rings. The molecule has 0 fully saturated rings. The highest BCUT2D eigenvalue weighted by molar-refractivity contribution is 9.10. The Morgan fingerprint density at radius 1 is 1.17 bits per heavy atom. The molecule has 0 aliphatic heterocycles. The molecule has 4 nitrogen and oxygen atoms in total. The van der Waals surface area contributed by atoms with Crippen molar-refractivity contribution in [2.24, 2.45) is 5.41 Å². The number of hydrogen-bond acceptors (Lipinski definition) is 2. The van der Waals surface area contributed by atoms with E-state index in [1.165, 1.54) is 18.4 Å². The topological polar surface area (TPSA) is 58.2 Å². The fourth-order valence-corrected chi connectivity index (χ4v) is 2.30. The molecule has 0 aromatic heterocycles. The minimum Gasteiger partial charge on any atom is -0.355 e. The quantitative estimate of drug-likeness (QED) is 0.644. The van der Waals surface area contributed by atoms with Gasteiger partial charge in [0.05, 0.1) is 4.83 Å². The van der Waals surface area contributed by atoms with Crippen LogP contribution in [0.1, 0.15) is 52.5 Å². The van der Waals surface area contributed by atoms with Gasteiger partial charge in [0.2, 0.25) is 11.8 Å². The Kier molecular flexibility index (Phi) is 8.46. The smallest absolute Gasteiger partial charge is 0.234 e. The molecule has 134 valence electrons. The molecular formula is C19H29BrN2O2. The number of carbonyl (C=O) groups is 2. The van der Waals surface area contributed by atoms with Crippen molar-refractivity contribution in [2.45, 2.75) is 58.2 Å². The van der Waals surface area contributed by atoms with Crippen molar-refractivity contribution in [3.05, 3.63) is 29.8 Å². The number of anilines is 1. The van der Waals surface area contributed by atoms with Gasteiger partial charge in [-0.25, -0.2) is 0 Å². The standard InChI is InChI=1S/C19H29BrN2O2/c1-5-6-7-14-8-10-15(11-9-14)22-16(23)12-13-21-18(24)17(20)19(2,3)4/h8-11,17H,5-7,12-13H2,1-4H3,(H,21,24)(H,22,23)/t17-/m1/s1. The van der Waals surface area contributed by atoms with Gasteiger partial charge in [0, 0.05) is 18.7 Å². The summed E-state index contributed by atoms with van der Waals surface area (Å²) in [5.74, 6) is -0.186. The summed E-state index contributed by atoms with van der Waals surface area (Å²) in [4.78, 5) is 23.6. The average molecular weight is 397 g/mol. The van der Waals surface area contributed by atoms with Crippen molar-refractivity contribution < 1.29 is 9.59 Å². The van der Waals surface area contributed by atoms with Gasteiger partial charge in [-0.2, -0.15) is 0 Å². The monoisotopic (exact) mass is 396 g/mol. The molecule has 1 aromatic rings. The van der Waals surface area contributed by atoms with E-state index < -0.39 is 0 Å². The van der Waals surface area contributed by atoms with Gasteiger partial charge in [0.15, 0.2) is 0 Å². The summed E-state index contributed by atoms with van der Waals surface area (Å²) in [6, 6.07) is 7.95. The number of unbranched alkanes of at least 4 members (excludes halogenated alkanes) is 1. The summed E-state index contributed by atoms with van der Waals surface area (Å²) in [5.41, 5.74) is 1.92. The van der Waals surface area contributed by atoms with E-state index in [9.17, 15) is 9.59 Å². The van der Waals surface area contributed by atoms with Crippen LogP contribution in [0.5, 0.6) is 0 Å². The summed E-state index contributed by atoms with van der Waals surface area (Å²) in [5, 5.41) is 5.65. The molecule has 5 heteroatoms. The Hall–Kier alpha value is -1.36. The van der Waals surface area contributed by atoms with E-state index in [1.807, 2.05) is 45.0 Å². The zero-order valence-electron chi connectivity index (χ0n) is 15.1. The van der Waals surface area contributed by atoms with Gasteiger partial charge < -0.3 is 10.6 Å². The molecule has 0 bridgehead atoms. The van der Waals surface area contributed by atoms with Crippen LogP contribution in [0.4, 0.5) is 5.69 Å². The summed E-state index contributed by atoms with van der Waals surface area (Å²) in [6.07, 6.45) is 3.68. The minimum absolute atomic E-state index is 0.0874. The highest BCUT2D eigenvalue weighted by atomic mass is 79.9. The minimum atomic E-state index is -0.274. The van der Waals surface area contributed by atoms with Crippen LogP contribution in [0.2, 0.25) is 0 Å². The van der Waals surface area contributed by atoms with Crippen molar-refractivity contribution in [1.29, 1.82) is 0 Å². The first-order chi connectivity index (χ1) is 11.2. The second-order valence-electron chi connectivity index (χ2n) is 7.12. The molecule has 1 aromatic carbocycles. The lowest BCUT2D eigenvalue weighted by Gasteiger charge is -2.24. The number of alkyl halides is 1. The van der Waals surface area contributed by atoms with E-state index in [0.29, 0.717) is 6.54 Å². The van der Waals surface area contributed by atoms with Crippen molar-refractivity contribution in [3.63, 3.8) is 0 Å². The van der Waals surface area contributed by atoms with Gasteiger partial charge in [-0.3, -0.25) is 9.59 Å². The van der Waals surface area contributed by atoms with Gasteiger partial charge in [0.25, 0.3) is 0 Å². The van der Waals surface area contributed by atoms with E-state index in [1.54, 1.807) is 0 Å². The predicted molar refractivity (Wildman–Crippen MR) is 103 cm³/mol. The van der Waals surface area contributed by atoms with Crippen molar-refractivity contribution in [1.82, 2.24) is 5.32 Å². The van der Waals surface area contributed by atoms with Crippen LogP contribution in [0.25, 0.3) is 0 Å². The lowest BCUT2D eigenvalue weighted by atomic mass is 9.92. The van der Waals surface area contributed by atoms with Crippen LogP contribution < -0.4 is 10.6 Å². The molecule has 0 aliphatic carbocycles. The molecule has 1 rings (SSSR count). The van der Waals surface area contributed by atoms with Gasteiger partial charge in [0.1, 0.15) is 0 Å². The van der Waals surface area contributed by atoms with Crippen molar-refractivity contribution in [2.75, 3.05) is 11.9 Å². The number of rotatable bonds is 8. The second-order valence-corrected chi connectivity index (χ2v) is 8.03. The maximum Gasteiger partial charge on any atom is 0.234 e. The molecule has 2 N–H and O–H groups in total. The summed E-state index contributed by atoms with van der Waals surface area (Å²) >= 11 is 3.40. The SMILES string of the molecule is CCCCc1ccc(NC(=O)CCNC(=O)[C@@H](Br)C(C)(C)C)cc1. The number of hydrogen-bond donors (Lipinski definition) is 2. The molecule has 0 unspecified atom stereocenters. The van der Waals surface area contributed by atoms with E-state index >= 15 is 0 Å². The highest BCUT2D eigenvalue weighted by Crippen LogP contribution is 2.25. The Morgan fingerprint density at radius 3 is 2.33 bits per heavy atom. The number of benzene rings is 1. The zero-order chi connectivity index (χ0) is 18.2. The molecule has 0 radical (unpaired) electrons. The zero-order valence-corrected chi connectivity index (χ0v) is 16.7. The lowest BCUT2D eigenvalue weighted by molar-refractivity contribution is -0.122. The first-order valence-electron chi connectivity index (χ1n) is 8.54. The summed E-state index contributed by atoms with van der Waals surface area (Å²) in [6.45, 7) is 8.47. The number of nitrogens with one attached hydrogen (secondary N) is 2. The van der Waals surface area contributed by atoms with E-state index in [2.05, 4.69) is 33.5 Å². The van der Waals surface area contributed by atoms with Gasteiger partial charge in [-0.1, -0.05) is 62.2 Å². The lowest BCUT2D eigenvalue weighted by Crippen LogP contribution is -2.39. The van der Waals surface area contributed by atoms with Crippen LogP contribution in [-0.2, 0) is 16.0 Å². The molecule has 0 saturated heterocycles. The third-order valence-corrected chi connectivity index (χ3v) is 5.49. The fourth-order valence-electron chi connectivity index (χ4n) is 2.14. The van der Waals surface area contributed by atoms with Crippen LogP contribution >= 0.6 is 15.9 Å². The largest absolute Gasteiger partial charge is 0.355 e. The Balaban J connectivity index is 2.35. The number of halogens is 1. The molecule has 0 saturated carbocycles. The molecule has 0 spiro atoms. The maximum atomic E-state index is 12.0. The van der Waals surface area contributed by atoms with Crippen molar-refractivity contribution in [3.8, 4) is 0 Å². The second kappa shape index (κ2) is 9.82. The number of carbonyl (C=O) groups excluding carboxylic acids is 2. The van der Waals surface area contributed by atoms with Crippen molar-refractivity contribution >= 4 is 33.4 Å². The summed E-state index contributed by atoms with van der Waals surface area (Å²) in [7, 11) is 0. The van der Waals surface area contributed by atoms with E-state index in [0.717, 1.165) is 12.1 Å². The summed E-state index contributed by atoms with van der Waals surface area (Å²) < 4.78 is 0. The Bertz CT molecular complexity index is 535. The highest BCUT2D eigenvalue weighted by Gasteiger charge is 2.28. The third kappa shape index (κ3) is 7.47. The molecular weight excluding hydrogens is 368 g/mol. The van der Waals surface area contributed by atoms with Crippen LogP contribution in [-0.4, -0.2) is 23.2 Å².